The highest BCUT2D eigenvalue weighted by molar-refractivity contribution is 7.52. The van der Waals surface area contributed by atoms with E-state index in [1.54, 1.807) is 11.0 Å². The van der Waals surface area contributed by atoms with E-state index >= 15 is 0 Å². The number of nitrogens with zero attached hydrogens (tertiary/aromatic N) is 3. The molecule has 0 radical (unpaired) electrons. The third-order valence-electron chi connectivity index (χ3n) is 4.90. The molecule has 0 atom stereocenters. The number of aromatic nitrogens is 3. The molecule has 1 aromatic heterocycles. The minimum absolute atomic E-state index is 0.195. The molecule has 31 heavy (non-hydrogen) atoms. The fraction of sp³-hybridized carbons (Fsp3) is 0.0833. The molecule has 6 nitrogen and oxygen atoms in total. The second kappa shape index (κ2) is 8.71. The van der Waals surface area contributed by atoms with Gasteiger partial charge in [0.15, 0.2) is 0 Å². The molecule has 4 rings (SSSR count). The lowest BCUT2D eigenvalue weighted by atomic mass is 9.77. The number of benzene rings is 3. The van der Waals surface area contributed by atoms with Gasteiger partial charge in [-0.25, -0.2) is 9.67 Å². The number of rotatable bonds is 5. The first kappa shape index (κ1) is 20.8. The van der Waals surface area contributed by atoms with Gasteiger partial charge in [-0.05, 0) is 22.6 Å². The largest absolute Gasteiger partial charge is 0.337 e. The van der Waals surface area contributed by atoms with Crippen molar-refractivity contribution >= 4 is 7.60 Å². The Morgan fingerprint density at radius 1 is 0.806 bits per heavy atom. The summed E-state index contributed by atoms with van der Waals surface area (Å²) in [6.45, 7) is 0. The molecule has 3 aromatic carbocycles. The molecule has 0 saturated carbocycles. The lowest BCUT2D eigenvalue weighted by molar-refractivity contribution is 0.377. The molecule has 0 amide bonds. The van der Waals surface area contributed by atoms with Crippen LogP contribution in [0, 0.1) is 11.8 Å². The zero-order chi connectivity index (χ0) is 21.7. The Labute approximate surface area is 180 Å². The van der Waals surface area contributed by atoms with Gasteiger partial charge in [-0.15, -0.1) is 5.10 Å². The molecular weight excluding hydrogens is 409 g/mol. The third kappa shape index (κ3) is 4.35. The highest BCUT2D eigenvalue weighted by Gasteiger charge is 2.39. The highest BCUT2D eigenvalue weighted by atomic mass is 31.2. The molecule has 7 heteroatoms. The summed E-state index contributed by atoms with van der Waals surface area (Å²) in [6, 6.07) is 30.0. The predicted molar refractivity (Wildman–Crippen MR) is 118 cm³/mol. The molecule has 0 bridgehead atoms. The maximum Gasteiger partial charge on any atom is 0.337 e. The van der Waals surface area contributed by atoms with Crippen molar-refractivity contribution in [3.05, 3.63) is 120 Å². The second-order valence-electron chi connectivity index (χ2n) is 6.95. The molecular formula is C24H20N3O3P. The van der Waals surface area contributed by atoms with Gasteiger partial charge in [0.2, 0.25) is 5.82 Å². The Bertz CT molecular complexity index is 1160. The maximum atomic E-state index is 11.1. The summed E-state index contributed by atoms with van der Waals surface area (Å²) in [7, 11) is -4.21. The Kier molecular flexibility index (Phi) is 5.83. The van der Waals surface area contributed by atoms with Gasteiger partial charge in [-0.1, -0.05) is 96.9 Å². The van der Waals surface area contributed by atoms with Gasteiger partial charge in [0.1, 0.15) is 18.0 Å². The van der Waals surface area contributed by atoms with E-state index in [9.17, 15) is 4.57 Å². The monoisotopic (exact) mass is 429 g/mol. The van der Waals surface area contributed by atoms with E-state index in [4.69, 9.17) is 9.79 Å². The zero-order valence-electron chi connectivity index (χ0n) is 16.5. The normalized spacial score (nSPS) is 11.5. The highest BCUT2D eigenvalue weighted by Crippen LogP contribution is 2.40. The number of hydrogen-bond donors (Lipinski definition) is 2. The van der Waals surface area contributed by atoms with Crippen LogP contribution < -0.4 is 0 Å². The molecule has 0 saturated heterocycles. The quantitative estimate of drug-likeness (QED) is 0.287. The van der Waals surface area contributed by atoms with E-state index in [-0.39, 0.29) is 5.82 Å². The number of hydrogen-bond acceptors (Lipinski definition) is 3. The fourth-order valence-corrected chi connectivity index (χ4v) is 3.92. The lowest BCUT2D eigenvalue weighted by Crippen LogP contribution is -2.38. The van der Waals surface area contributed by atoms with Crippen molar-refractivity contribution in [2.75, 3.05) is 6.16 Å². The first-order valence-corrected chi connectivity index (χ1v) is 11.4. The topological polar surface area (TPSA) is 88.2 Å². The van der Waals surface area contributed by atoms with Crippen LogP contribution in [0.25, 0.3) is 0 Å². The first-order chi connectivity index (χ1) is 15.0. The SMILES string of the molecule is O=P(O)(O)CC#Cc1ncn(C(c2ccccc2)(c2ccccc2)c2ccccc2)n1. The molecule has 154 valence electrons. The summed E-state index contributed by atoms with van der Waals surface area (Å²) < 4.78 is 12.8. The summed E-state index contributed by atoms with van der Waals surface area (Å²) in [6.07, 6.45) is 1.07. The third-order valence-corrected chi connectivity index (χ3v) is 5.47. The van der Waals surface area contributed by atoms with Crippen molar-refractivity contribution in [2.24, 2.45) is 0 Å². The van der Waals surface area contributed by atoms with Crippen molar-refractivity contribution in [3.63, 3.8) is 0 Å². The van der Waals surface area contributed by atoms with Gasteiger partial charge in [0.25, 0.3) is 0 Å². The summed E-state index contributed by atoms with van der Waals surface area (Å²) in [5, 5.41) is 4.61. The summed E-state index contributed by atoms with van der Waals surface area (Å²) >= 11 is 0. The van der Waals surface area contributed by atoms with Gasteiger partial charge < -0.3 is 9.79 Å². The Hall–Kier alpha value is -3.49. The van der Waals surface area contributed by atoms with Crippen LogP contribution in [0.5, 0.6) is 0 Å². The molecule has 4 aromatic rings. The van der Waals surface area contributed by atoms with Crippen LogP contribution in [0.2, 0.25) is 0 Å². The van der Waals surface area contributed by atoms with Crippen LogP contribution in [0.4, 0.5) is 0 Å². The van der Waals surface area contributed by atoms with Crippen molar-refractivity contribution in [2.45, 2.75) is 5.54 Å². The first-order valence-electron chi connectivity index (χ1n) is 9.62. The smallest absolute Gasteiger partial charge is 0.324 e. The average molecular weight is 429 g/mol. The lowest BCUT2D eigenvalue weighted by Gasteiger charge is -2.35. The molecule has 1 heterocycles. The van der Waals surface area contributed by atoms with Crippen molar-refractivity contribution in [1.29, 1.82) is 0 Å². The van der Waals surface area contributed by atoms with Crippen LogP contribution in [0.15, 0.2) is 97.3 Å². The predicted octanol–water partition coefficient (Wildman–Crippen LogP) is 3.65. The molecule has 0 aliphatic heterocycles. The molecule has 0 unspecified atom stereocenters. The molecule has 0 spiro atoms. The van der Waals surface area contributed by atoms with E-state index in [1.165, 1.54) is 0 Å². The average Bonchev–Trinajstić information content (AvgIpc) is 3.25. The Morgan fingerprint density at radius 2 is 1.26 bits per heavy atom. The van der Waals surface area contributed by atoms with Crippen molar-refractivity contribution in [1.82, 2.24) is 14.8 Å². The van der Waals surface area contributed by atoms with Gasteiger partial charge in [-0.3, -0.25) is 4.57 Å². The fourth-order valence-electron chi connectivity index (χ4n) is 3.64. The maximum absolute atomic E-state index is 11.1. The van der Waals surface area contributed by atoms with Crippen LogP contribution in [0.1, 0.15) is 22.5 Å². The van der Waals surface area contributed by atoms with Gasteiger partial charge in [0, 0.05) is 0 Å². The van der Waals surface area contributed by atoms with Gasteiger partial charge in [-0.2, -0.15) is 0 Å². The van der Waals surface area contributed by atoms with E-state index in [0.717, 1.165) is 16.7 Å². The van der Waals surface area contributed by atoms with Crippen LogP contribution in [0.3, 0.4) is 0 Å². The molecule has 0 aliphatic carbocycles. The summed E-state index contributed by atoms with van der Waals surface area (Å²) in [5.41, 5.74) is 2.17. The van der Waals surface area contributed by atoms with Crippen LogP contribution in [-0.4, -0.2) is 30.7 Å². The molecule has 2 N–H and O–H groups in total. The standard InChI is InChI=1S/C24H20N3O3P/c28-31(29,30)18-10-17-23-25-19-27(26-23)24(20-11-4-1-5-12-20,21-13-6-2-7-14-21)22-15-8-3-9-16-22/h1-9,11-16,19H,18H2,(H2,28,29,30). The Balaban J connectivity index is 1.95. The zero-order valence-corrected chi connectivity index (χ0v) is 17.4. The summed E-state index contributed by atoms with van der Waals surface area (Å²) in [5.74, 6) is 5.33. The molecule has 0 aliphatic rings. The van der Waals surface area contributed by atoms with Gasteiger partial charge >= 0.3 is 7.60 Å². The van der Waals surface area contributed by atoms with E-state index in [0.29, 0.717) is 0 Å². The van der Waals surface area contributed by atoms with E-state index < -0.39 is 19.3 Å². The second-order valence-corrected chi connectivity index (χ2v) is 8.59. The van der Waals surface area contributed by atoms with Crippen molar-refractivity contribution < 1.29 is 14.4 Å². The van der Waals surface area contributed by atoms with Crippen LogP contribution >= 0.6 is 7.60 Å². The van der Waals surface area contributed by atoms with Crippen molar-refractivity contribution in [3.8, 4) is 11.8 Å². The molecule has 0 fully saturated rings. The minimum atomic E-state index is -4.21. The Morgan fingerprint density at radius 3 is 1.68 bits per heavy atom. The van der Waals surface area contributed by atoms with Crippen LogP contribution in [-0.2, 0) is 10.1 Å². The minimum Gasteiger partial charge on any atom is -0.324 e. The summed E-state index contributed by atoms with van der Waals surface area (Å²) in [4.78, 5) is 22.4. The van der Waals surface area contributed by atoms with Gasteiger partial charge in [0.05, 0.1) is 0 Å². The van der Waals surface area contributed by atoms with E-state index in [1.807, 2.05) is 91.0 Å². The van der Waals surface area contributed by atoms with E-state index in [2.05, 4.69) is 21.9 Å².